The highest BCUT2D eigenvalue weighted by Crippen LogP contribution is 2.19. The van der Waals surface area contributed by atoms with Crippen molar-refractivity contribution in [3.8, 4) is 0 Å². The summed E-state index contributed by atoms with van der Waals surface area (Å²) >= 11 is 5.24. The Morgan fingerprint density at radius 2 is 1.86 bits per heavy atom. The van der Waals surface area contributed by atoms with Gasteiger partial charge in [0, 0.05) is 5.69 Å². The molecular weight excluding hydrogens is 283 g/mol. The second-order valence-electron chi connectivity index (χ2n) is 5.34. The van der Waals surface area contributed by atoms with Crippen molar-refractivity contribution >= 4 is 28.7 Å². The fraction of sp³-hybridized carbons (Fsp3) is 0.235. The highest BCUT2D eigenvalue weighted by molar-refractivity contribution is 7.80. The van der Waals surface area contributed by atoms with E-state index in [9.17, 15) is 4.39 Å². The van der Waals surface area contributed by atoms with Crippen LogP contribution in [0.2, 0.25) is 0 Å². The van der Waals surface area contributed by atoms with Gasteiger partial charge in [-0.25, -0.2) is 4.39 Å². The fourth-order valence-corrected chi connectivity index (χ4v) is 2.22. The molecule has 110 valence electrons. The Labute approximate surface area is 130 Å². The number of hydrogen-bond acceptors (Lipinski definition) is 1. The Balaban J connectivity index is 2.08. The van der Waals surface area contributed by atoms with Gasteiger partial charge in [-0.3, -0.25) is 0 Å². The van der Waals surface area contributed by atoms with Crippen LogP contribution in [0.1, 0.15) is 30.9 Å². The van der Waals surface area contributed by atoms with Gasteiger partial charge >= 0.3 is 0 Å². The van der Waals surface area contributed by atoms with Crippen LogP contribution in [0.25, 0.3) is 0 Å². The van der Waals surface area contributed by atoms with Crippen LogP contribution in [-0.4, -0.2) is 5.11 Å². The number of anilines is 2. The van der Waals surface area contributed by atoms with Crippen LogP contribution < -0.4 is 10.6 Å². The van der Waals surface area contributed by atoms with Gasteiger partial charge in [0.25, 0.3) is 0 Å². The molecule has 0 aliphatic carbocycles. The zero-order valence-electron chi connectivity index (χ0n) is 12.4. The average molecular weight is 302 g/mol. The molecule has 0 atom stereocenters. The van der Waals surface area contributed by atoms with Gasteiger partial charge in [0.1, 0.15) is 5.82 Å². The molecule has 0 spiro atoms. The van der Waals surface area contributed by atoms with E-state index in [4.69, 9.17) is 12.2 Å². The van der Waals surface area contributed by atoms with E-state index in [1.165, 1.54) is 11.6 Å². The fourth-order valence-electron chi connectivity index (χ4n) is 2.00. The monoisotopic (exact) mass is 302 g/mol. The Morgan fingerprint density at radius 1 is 1.10 bits per heavy atom. The molecule has 0 fully saturated rings. The van der Waals surface area contributed by atoms with E-state index < -0.39 is 0 Å². The van der Waals surface area contributed by atoms with Crippen LogP contribution in [0, 0.1) is 12.7 Å². The lowest BCUT2D eigenvalue weighted by Gasteiger charge is -2.13. The Bertz CT molecular complexity index is 653. The predicted octanol–water partition coefficient (Wildman–Crippen LogP) is 5.07. The second-order valence-corrected chi connectivity index (χ2v) is 5.75. The quantitative estimate of drug-likeness (QED) is 0.774. The van der Waals surface area contributed by atoms with Gasteiger partial charge in [-0.2, -0.15) is 0 Å². The summed E-state index contributed by atoms with van der Waals surface area (Å²) in [6.07, 6.45) is 0. The Hall–Kier alpha value is -1.94. The molecule has 0 heterocycles. The first-order valence-electron chi connectivity index (χ1n) is 6.90. The molecule has 0 bridgehead atoms. The van der Waals surface area contributed by atoms with Gasteiger partial charge < -0.3 is 10.6 Å². The van der Waals surface area contributed by atoms with Crippen molar-refractivity contribution in [3.05, 3.63) is 59.4 Å². The standard InChI is InChI=1S/C17H19FN2S/c1-11(2)13-5-4-6-14(10-13)19-17(21)20-16-9-12(3)7-8-15(16)18/h4-11H,1-3H3,(H2,19,20,21). The van der Waals surface area contributed by atoms with Gasteiger partial charge in [0.15, 0.2) is 5.11 Å². The summed E-state index contributed by atoms with van der Waals surface area (Å²) in [5, 5.41) is 6.35. The van der Waals surface area contributed by atoms with Crippen LogP contribution in [0.5, 0.6) is 0 Å². The average Bonchev–Trinajstić information content (AvgIpc) is 2.43. The number of halogens is 1. The largest absolute Gasteiger partial charge is 0.332 e. The van der Waals surface area contributed by atoms with E-state index in [0.29, 0.717) is 16.7 Å². The van der Waals surface area contributed by atoms with Crippen molar-refractivity contribution in [2.24, 2.45) is 0 Å². The molecule has 2 nitrogen and oxygen atoms in total. The van der Waals surface area contributed by atoms with Gasteiger partial charge in [0.2, 0.25) is 0 Å². The number of nitrogens with one attached hydrogen (secondary N) is 2. The molecule has 21 heavy (non-hydrogen) atoms. The number of hydrogen-bond donors (Lipinski definition) is 2. The van der Waals surface area contributed by atoms with Gasteiger partial charge in [-0.05, 0) is 60.5 Å². The smallest absolute Gasteiger partial charge is 0.175 e. The van der Waals surface area contributed by atoms with Crippen LogP contribution in [0.4, 0.5) is 15.8 Å². The van der Waals surface area contributed by atoms with E-state index >= 15 is 0 Å². The first-order valence-corrected chi connectivity index (χ1v) is 7.30. The molecule has 0 aliphatic rings. The summed E-state index contributed by atoms with van der Waals surface area (Å²) in [7, 11) is 0. The van der Waals surface area contributed by atoms with Gasteiger partial charge in [-0.1, -0.05) is 32.0 Å². The summed E-state index contributed by atoms with van der Waals surface area (Å²) in [5.41, 5.74) is 3.48. The first-order chi connectivity index (χ1) is 9.95. The molecule has 0 aliphatic heterocycles. The summed E-state index contributed by atoms with van der Waals surface area (Å²) in [6.45, 7) is 6.18. The van der Waals surface area contributed by atoms with Gasteiger partial charge in [0.05, 0.1) is 5.69 Å². The SMILES string of the molecule is Cc1ccc(F)c(NC(=S)Nc2cccc(C(C)C)c2)c1. The molecule has 0 saturated carbocycles. The summed E-state index contributed by atoms with van der Waals surface area (Å²) in [6, 6.07) is 12.9. The summed E-state index contributed by atoms with van der Waals surface area (Å²) in [5.74, 6) is 0.128. The third-order valence-electron chi connectivity index (χ3n) is 3.18. The van der Waals surface area contributed by atoms with E-state index in [1.54, 1.807) is 12.1 Å². The number of aryl methyl sites for hydroxylation is 1. The second kappa shape index (κ2) is 6.68. The van der Waals surface area contributed by atoms with Crippen LogP contribution >= 0.6 is 12.2 Å². The lowest BCUT2D eigenvalue weighted by Crippen LogP contribution is -2.20. The lowest BCUT2D eigenvalue weighted by atomic mass is 10.0. The maximum absolute atomic E-state index is 13.7. The number of rotatable bonds is 3. The third kappa shape index (κ3) is 4.26. The maximum atomic E-state index is 13.7. The zero-order chi connectivity index (χ0) is 15.4. The van der Waals surface area contributed by atoms with Crippen molar-refractivity contribution in [2.45, 2.75) is 26.7 Å². The predicted molar refractivity (Wildman–Crippen MR) is 91.5 cm³/mol. The summed E-state index contributed by atoms with van der Waals surface area (Å²) in [4.78, 5) is 0. The minimum atomic E-state index is -0.319. The topological polar surface area (TPSA) is 24.1 Å². The number of thiocarbonyl (C=S) groups is 1. The third-order valence-corrected chi connectivity index (χ3v) is 3.39. The van der Waals surface area contributed by atoms with Crippen molar-refractivity contribution in [1.29, 1.82) is 0 Å². The van der Waals surface area contributed by atoms with E-state index in [-0.39, 0.29) is 5.82 Å². The molecule has 2 aromatic rings. The molecule has 0 aromatic heterocycles. The Morgan fingerprint density at radius 3 is 2.57 bits per heavy atom. The molecule has 2 N–H and O–H groups in total. The van der Waals surface area contributed by atoms with Crippen LogP contribution in [-0.2, 0) is 0 Å². The van der Waals surface area contributed by atoms with Crippen molar-refractivity contribution in [1.82, 2.24) is 0 Å². The normalized spacial score (nSPS) is 10.5. The van der Waals surface area contributed by atoms with Crippen molar-refractivity contribution in [2.75, 3.05) is 10.6 Å². The molecule has 0 saturated heterocycles. The van der Waals surface area contributed by atoms with Gasteiger partial charge in [-0.15, -0.1) is 0 Å². The maximum Gasteiger partial charge on any atom is 0.175 e. The highest BCUT2D eigenvalue weighted by Gasteiger charge is 2.06. The van der Waals surface area contributed by atoms with E-state index in [0.717, 1.165) is 11.3 Å². The summed E-state index contributed by atoms with van der Waals surface area (Å²) < 4.78 is 13.7. The molecule has 0 unspecified atom stereocenters. The molecule has 0 amide bonds. The van der Waals surface area contributed by atoms with Crippen molar-refractivity contribution < 1.29 is 4.39 Å². The number of benzene rings is 2. The Kier molecular flexibility index (Phi) is 4.91. The van der Waals surface area contributed by atoms with E-state index in [2.05, 4.69) is 30.5 Å². The molecular formula is C17H19FN2S. The van der Waals surface area contributed by atoms with Crippen LogP contribution in [0.3, 0.4) is 0 Å². The highest BCUT2D eigenvalue weighted by atomic mass is 32.1. The van der Waals surface area contributed by atoms with E-state index in [1.807, 2.05) is 25.1 Å². The molecule has 4 heteroatoms. The molecule has 2 aromatic carbocycles. The molecule has 2 rings (SSSR count). The lowest BCUT2D eigenvalue weighted by molar-refractivity contribution is 0.632. The molecule has 0 radical (unpaired) electrons. The minimum absolute atomic E-state index is 0.319. The zero-order valence-corrected chi connectivity index (χ0v) is 13.2. The van der Waals surface area contributed by atoms with Crippen molar-refractivity contribution in [3.63, 3.8) is 0 Å². The van der Waals surface area contributed by atoms with Crippen LogP contribution in [0.15, 0.2) is 42.5 Å². The first kappa shape index (κ1) is 15.4. The minimum Gasteiger partial charge on any atom is -0.332 e.